The maximum Gasteiger partial charge on any atom is 0.336 e. The summed E-state index contributed by atoms with van der Waals surface area (Å²) in [5.41, 5.74) is -0.380. The molecule has 0 spiro atoms. The van der Waals surface area contributed by atoms with Crippen LogP contribution in [-0.4, -0.2) is 22.2 Å². The Labute approximate surface area is 165 Å². The fourth-order valence-corrected chi connectivity index (χ4v) is 2.95. The number of hydrogen-bond acceptors (Lipinski definition) is 2. The summed E-state index contributed by atoms with van der Waals surface area (Å²) >= 11 is 0. The Morgan fingerprint density at radius 2 is 0.852 bits per heavy atom. The first-order chi connectivity index (χ1) is 13.0. The zero-order valence-electron chi connectivity index (χ0n) is 17.2. The van der Waals surface area contributed by atoms with Crippen molar-refractivity contribution in [3.05, 3.63) is 35.4 Å². The average Bonchev–Trinajstić information content (AvgIpc) is 2.66. The molecule has 4 nitrogen and oxygen atoms in total. The summed E-state index contributed by atoms with van der Waals surface area (Å²) in [6.45, 7) is 4.58. The quantitative estimate of drug-likeness (QED) is 0.336. The summed E-state index contributed by atoms with van der Waals surface area (Å²) in [5, 5.41) is 17.1. The zero-order chi connectivity index (χ0) is 20.3. The van der Waals surface area contributed by atoms with Crippen LogP contribution in [0.5, 0.6) is 0 Å². The molecule has 0 aliphatic heterocycles. The van der Waals surface area contributed by atoms with E-state index in [0.29, 0.717) is 0 Å². The standard InChI is InChI=1S/C15H32.C8H6O4/c1-3-5-7-9-11-13-15-14-12-10-8-6-4-2;9-7(10)5-3-1-2-4-6(5)8(11)12/h3-15H2,1-2H3;1-4H,(H,9,10)(H,11,12). The van der Waals surface area contributed by atoms with Crippen LogP contribution in [0.3, 0.4) is 0 Å². The second-order valence-electron chi connectivity index (χ2n) is 7.04. The lowest BCUT2D eigenvalue weighted by atomic mass is 10.1. The van der Waals surface area contributed by atoms with Gasteiger partial charge in [-0.3, -0.25) is 0 Å². The van der Waals surface area contributed by atoms with Crippen molar-refractivity contribution in [3.8, 4) is 0 Å². The van der Waals surface area contributed by atoms with Crippen LogP contribution >= 0.6 is 0 Å². The van der Waals surface area contributed by atoms with Crippen LogP contribution in [-0.2, 0) is 0 Å². The molecule has 0 heterocycles. The van der Waals surface area contributed by atoms with Gasteiger partial charge >= 0.3 is 11.9 Å². The molecule has 1 aromatic rings. The molecule has 0 aliphatic carbocycles. The predicted molar refractivity (Wildman–Crippen MR) is 112 cm³/mol. The van der Waals surface area contributed by atoms with Gasteiger partial charge in [-0.2, -0.15) is 0 Å². The number of hydrogen-bond donors (Lipinski definition) is 2. The average molecular weight is 379 g/mol. The molecule has 4 heteroatoms. The Morgan fingerprint density at radius 3 is 1.07 bits per heavy atom. The molecular weight excluding hydrogens is 340 g/mol. The molecule has 0 aromatic heterocycles. The molecule has 0 aliphatic rings. The van der Waals surface area contributed by atoms with Gasteiger partial charge in [0, 0.05) is 0 Å². The van der Waals surface area contributed by atoms with Crippen LogP contribution in [0.15, 0.2) is 24.3 Å². The number of carboxylic acids is 2. The molecule has 2 N–H and O–H groups in total. The Balaban J connectivity index is 0.000000511. The van der Waals surface area contributed by atoms with Gasteiger partial charge in [0.05, 0.1) is 11.1 Å². The van der Waals surface area contributed by atoms with Gasteiger partial charge in [-0.05, 0) is 12.1 Å². The third-order valence-corrected chi connectivity index (χ3v) is 4.59. The monoisotopic (exact) mass is 378 g/mol. The van der Waals surface area contributed by atoms with Crippen molar-refractivity contribution >= 4 is 11.9 Å². The fraction of sp³-hybridized carbons (Fsp3) is 0.652. The molecular formula is C23H38O4. The number of benzene rings is 1. The van der Waals surface area contributed by atoms with Gasteiger partial charge < -0.3 is 10.2 Å². The van der Waals surface area contributed by atoms with E-state index in [0.717, 1.165) is 0 Å². The number of carbonyl (C=O) groups is 2. The van der Waals surface area contributed by atoms with E-state index in [1.165, 1.54) is 108 Å². The van der Waals surface area contributed by atoms with Gasteiger partial charge in [0.25, 0.3) is 0 Å². The van der Waals surface area contributed by atoms with Gasteiger partial charge in [0.1, 0.15) is 0 Å². The molecule has 27 heavy (non-hydrogen) atoms. The van der Waals surface area contributed by atoms with Crippen LogP contribution < -0.4 is 0 Å². The molecule has 1 rings (SSSR count). The first-order valence-corrected chi connectivity index (χ1v) is 10.6. The smallest absolute Gasteiger partial charge is 0.336 e. The Morgan fingerprint density at radius 1 is 0.593 bits per heavy atom. The SMILES string of the molecule is CCCCCCCCCCCCCCC.O=C(O)c1ccccc1C(=O)O. The zero-order valence-corrected chi connectivity index (χ0v) is 17.2. The molecule has 0 fully saturated rings. The van der Waals surface area contributed by atoms with E-state index in [4.69, 9.17) is 10.2 Å². The van der Waals surface area contributed by atoms with Crippen LogP contribution in [0.25, 0.3) is 0 Å². The third kappa shape index (κ3) is 14.0. The molecule has 0 unspecified atom stereocenters. The largest absolute Gasteiger partial charge is 0.478 e. The van der Waals surface area contributed by atoms with Crippen LogP contribution in [0.2, 0.25) is 0 Å². The topological polar surface area (TPSA) is 74.6 Å². The van der Waals surface area contributed by atoms with E-state index in [9.17, 15) is 9.59 Å². The van der Waals surface area contributed by atoms with E-state index in [2.05, 4.69) is 13.8 Å². The second kappa shape index (κ2) is 17.6. The summed E-state index contributed by atoms with van der Waals surface area (Å²) in [4.78, 5) is 20.9. The van der Waals surface area contributed by atoms with E-state index in [1.807, 2.05) is 0 Å². The van der Waals surface area contributed by atoms with Gasteiger partial charge in [0.2, 0.25) is 0 Å². The van der Waals surface area contributed by atoms with Gasteiger partial charge in [-0.25, -0.2) is 9.59 Å². The number of aromatic carboxylic acids is 2. The molecule has 0 amide bonds. The highest BCUT2D eigenvalue weighted by Crippen LogP contribution is 2.12. The van der Waals surface area contributed by atoms with Crippen molar-refractivity contribution in [2.24, 2.45) is 0 Å². The number of unbranched alkanes of at least 4 members (excludes halogenated alkanes) is 12. The summed E-state index contributed by atoms with van der Waals surface area (Å²) in [6, 6.07) is 5.48. The minimum absolute atomic E-state index is 0.190. The van der Waals surface area contributed by atoms with E-state index in [-0.39, 0.29) is 11.1 Å². The summed E-state index contributed by atoms with van der Waals surface area (Å²) in [6.07, 6.45) is 18.9. The first-order valence-electron chi connectivity index (χ1n) is 10.6. The summed E-state index contributed by atoms with van der Waals surface area (Å²) < 4.78 is 0. The van der Waals surface area contributed by atoms with Gasteiger partial charge in [0.15, 0.2) is 0 Å². The van der Waals surface area contributed by atoms with Crippen molar-refractivity contribution in [1.29, 1.82) is 0 Å². The number of carboxylic acid groups (broad SMARTS) is 2. The van der Waals surface area contributed by atoms with E-state index >= 15 is 0 Å². The van der Waals surface area contributed by atoms with Crippen molar-refractivity contribution in [3.63, 3.8) is 0 Å². The highest BCUT2D eigenvalue weighted by molar-refractivity contribution is 6.01. The highest BCUT2D eigenvalue weighted by Gasteiger charge is 2.13. The Kier molecular flexibility index (Phi) is 16.4. The van der Waals surface area contributed by atoms with Crippen molar-refractivity contribution < 1.29 is 19.8 Å². The van der Waals surface area contributed by atoms with Crippen molar-refractivity contribution in [2.45, 2.75) is 97.3 Å². The molecule has 0 atom stereocenters. The lowest BCUT2D eigenvalue weighted by molar-refractivity contribution is 0.0651. The Hall–Kier alpha value is -1.84. The minimum atomic E-state index is -1.23. The Bertz CT molecular complexity index is 466. The van der Waals surface area contributed by atoms with Crippen LogP contribution in [0.1, 0.15) is 118 Å². The second-order valence-corrected chi connectivity index (χ2v) is 7.04. The molecule has 0 saturated heterocycles. The fourth-order valence-electron chi connectivity index (χ4n) is 2.95. The normalized spacial score (nSPS) is 10.1. The van der Waals surface area contributed by atoms with Gasteiger partial charge in [-0.1, -0.05) is 109 Å². The predicted octanol–water partition coefficient (Wildman–Crippen LogP) is 7.18. The van der Waals surface area contributed by atoms with Crippen molar-refractivity contribution in [2.75, 3.05) is 0 Å². The lowest BCUT2D eigenvalue weighted by Gasteiger charge is -2.01. The maximum atomic E-state index is 10.5. The number of rotatable bonds is 14. The summed E-state index contributed by atoms with van der Waals surface area (Å²) in [7, 11) is 0. The maximum absolute atomic E-state index is 10.5. The lowest BCUT2D eigenvalue weighted by Crippen LogP contribution is -2.06. The van der Waals surface area contributed by atoms with Crippen LogP contribution in [0.4, 0.5) is 0 Å². The molecule has 154 valence electrons. The van der Waals surface area contributed by atoms with Crippen molar-refractivity contribution in [1.82, 2.24) is 0 Å². The highest BCUT2D eigenvalue weighted by atomic mass is 16.4. The first kappa shape index (κ1) is 25.2. The third-order valence-electron chi connectivity index (χ3n) is 4.59. The molecule has 1 aromatic carbocycles. The molecule has 0 saturated carbocycles. The summed E-state index contributed by atoms with van der Waals surface area (Å²) in [5.74, 6) is -2.46. The molecule has 0 bridgehead atoms. The molecule has 0 radical (unpaired) electrons. The van der Waals surface area contributed by atoms with Gasteiger partial charge in [-0.15, -0.1) is 0 Å². The van der Waals surface area contributed by atoms with Crippen LogP contribution in [0, 0.1) is 0 Å². The minimum Gasteiger partial charge on any atom is -0.478 e. The van der Waals surface area contributed by atoms with E-state index in [1.54, 1.807) is 0 Å². The van der Waals surface area contributed by atoms with E-state index < -0.39 is 11.9 Å².